The molecular formula is C19H26ClN3O3S. The molecular weight excluding hydrogens is 386 g/mol. The molecule has 2 aromatic carbocycles. The van der Waals surface area contributed by atoms with Crippen molar-refractivity contribution in [3.8, 4) is 0 Å². The third-order valence-corrected chi connectivity index (χ3v) is 5.44. The van der Waals surface area contributed by atoms with Gasteiger partial charge in [0.1, 0.15) is 0 Å². The molecule has 0 aliphatic carbocycles. The lowest BCUT2D eigenvalue weighted by molar-refractivity contribution is 0.0953. The summed E-state index contributed by atoms with van der Waals surface area (Å²) in [7, 11) is -1.82. The number of amides is 1. The summed E-state index contributed by atoms with van der Waals surface area (Å²) in [6, 6.07) is 11.7. The smallest absolute Gasteiger partial charge is 0.262 e. The first-order chi connectivity index (χ1) is 12.3. The molecule has 3 N–H and O–H groups in total. The zero-order valence-electron chi connectivity index (χ0n) is 15.7. The average Bonchev–Trinajstić information content (AvgIpc) is 2.61. The van der Waals surface area contributed by atoms with Crippen LogP contribution in [0, 0.1) is 13.8 Å². The largest absolute Gasteiger partial charge is 0.352 e. The van der Waals surface area contributed by atoms with E-state index in [0.717, 1.165) is 18.5 Å². The van der Waals surface area contributed by atoms with Gasteiger partial charge in [0.2, 0.25) is 0 Å². The Morgan fingerprint density at radius 1 is 1.00 bits per heavy atom. The van der Waals surface area contributed by atoms with Gasteiger partial charge in [-0.15, -0.1) is 12.4 Å². The first kappa shape index (κ1) is 23.0. The lowest BCUT2D eigenvalue weighted by Crippen LogP contribution is -2.26. The molecule has 0 saturated carbocycles. The molecule has 27 heavy (non-hydrogen) atoms. The van der Waals surface area contributed by atoms with Gasteiger partial charge in [0.05, 0.1) is 4.90 Å². The van der Waals surface area contributed by atoms with E-state index >= 15 is 0 Å². The summed E-state index contributed by atoms with van der Waals surface area (Å²) in [6.45, 7) is 5.03. The van der Waals surface area contributed by atoms with E-state index < -0.39 is 10.0 Å². The van der Waals surface area contributed by atoms with Gasteiger partial charge in [0.15, 0.2) is 0 Å². The van der Waals surface area contributed by atoms with E-state index in [2.05, 4.69) is 15.4 Å². The van der Waals surface area contributed by atoms with Crippen molar-refractivity contribution >= 4 is 34.0 Å². The van der Waals surface area contributed by atoms with Crippen LogP contribution in [0.25, 0.3) is 0 Å². The average molecular weight is 412 g/mol. The minimum Gasteiger partial charge on any atom is -0.352 e. The van der Waals surface area contributed by atoms with E-state index in [-0.39, 0.29) is 23.2 Å². The monoisotopic (exact) mass is 411 g/mol. The predicted molar refractivity (Wildman–Crippen MR) is 111 cm³/mol. The number of nitrogens with one attached hydrogen (secondary N) is 3. The van der Waals surface area contributed by atoms with Crippen molar-refractivity contribution in [3.05, 3.63) is 59.2 Å². The quantitative estimate of drug-likeness (QED) is 0.583. The highest BCUT2D eigenvalue weighted by Crippen LogP contribution is 2.21. The van der Waals surface area contributed by atoms with Crippen LogP contribution in [0.3, 0.4) is 0 Å². The predicted octanol–water partition coefficient (Wildman–Crippen LogP) is 2.87. The molecule has 2 rings (SSSR count). The Bertz CT molecular complexity index is 868. The molecule has 148 valence electrons. The molecule has 8 heteroatoms. The Labute approximate surface area is 167 Å². The van der Waals surface area contributed by atoms with Gasteiger partial charge in [0.25, 0.3) is 15.9 Å². The number of aryl methyl sites for hydroxylation is 2. The molecule has 0 saturated heterocycles. The molecule has 0 bridgehead atoms. The van der Waals surface area contributed by atoms with Crippen molar-refractivity contribution in [3.63, 3.8) is 0 Å². The van der Waals surface area contributed by atoms with Crippen LogP contribution in [0.1, 0.15) is 27.9 Å². The van der Waals surface area contributed by atoms with Crippen LogP contribution in [-0.2, 0) is 10.0 Å². The maximum absolute atomic E-state index is 12.6. The van der Waals surface area contributed by atoms with Crippen molar-refractivity contribution < 1.29 is 13.2 Å². The molecule has 0 atom stereocenters. The van der Waals surface area contributed by atoms with E-state index in [1.54, 1.807) is 43.3 Å². The zero-order chi connectivity index (χ0) is 19.2. The minimum atomic E-state index is -3.68. The molecule has 0 aliphatic rings. The maximum atomic E-state index is 12.6. The molecule has 1 amide bonds. The fraction of sp³-hybridized carbons (Fsp3) is 0.316. The van der Waals surface area contributed by atoms with E-state index in [4.69, 9.17) is 0 Å². The number of benzene rings is 2. The van der Waals surface area contributed by atoms with Gasteiger partial charge in [-0.05, 0) is 75.3 Å². The van der Waals surface area contributed by atoms with Crippen LogP contribution in [0.15, 0.2) is 47.4 Å². The molecule has 0 unspecified atom stereocenters. The van der Waals surface area contributed by atoms with E-state index in [9.17, 15) is 13.2 Å². The highest BCUT2D eigenvalue weighted by molar-refractivity contribution is 7.92. The fourth-order valence-electron chi connectivity index (χ4n) is 2.47. The molecule has 0 fully saturated rings. The second-order valence-corrected chi connectivity index (χ2v) is 7.82. The van der Waals surface area contributed by atoms with Crippen LogP contribution in [0.4, 0.5) is 5.69 Å². The van der Waals surface area contributed by atoms with Crippen LogP contribution in [0.5, 0.6) is 0 Å². The number of rotatable bonds is 8. The van der Waals surface area contributed by atoms with Crippen LogP contribution >= 0.6 is 12.4 Å². The summed E-state index contributed by atoms with van der Waals surface area (Å²) in [5.41, 5.74) is 2.46. The van der Waals surface area contributed by atoms with Gasteiger partial charge in [-0.1, -0.05) is 12.1 Å². The lowest BCUT2D eigenvalue weighted by Gasteiger charge is -2.12. The summed E-state index contributed by atoms with van der Waals surface area (Å²) in [6.07, 6.45) is 0.843. The Hall–Kier alpha value is -2.09. The molecule has 0 aliphatic heterocycles. The highest BCUT2D eigenvalue weighted by atomic mass is 35.5. The zero-order valence-corrected chi connectivity index (χ0v) is 17.3. The third-order valence-electron chi connectivity index (χ3n) is 3.92. The number of carbonyl (C=O) groups is 1. The van der Waals surface area contributed by atoms with Crippen molar-refractivity contribution in [1.82, 2.24) is 10.6 Å². The summed E-state index contributed by atoms with van der Waals surface area (Å²) >= 11 is 0. The van der Waals surface area contributed by atoms with E-state index in [1.165, 1.54) is 0 Å². The topological polar surface area (TPSA) is 87.3 Å². The van der Waals surface area contributed by atoms with Crippen LogP contribution in [0.2, 0.25) is 0 Å². The number of anilines is 1. The molecule has 0 heterocycles. The summed E-state index contributed by atoms with van der Waals surface area (Å²) in [5.74, 6) is -0.176. The standard InChI is InChI=1S/C19H25N3O3S.ClH/c1-14-5-6-15(2)18(13-14)26(24,25)22-17-9-7-16(8-10-17)19(23)21-12-4-11-20-3;/h5-10,13,20,22H,4,11-12H2,1-3H3,(H,21,23);1H. The second-order valence-electron chi connectivity index (χ2n) is 6.16. The van der Waals surface area contributed by atoms with E-state index in [0.29, 0.717) is 23.4 Å². The summed E-state index contributed by atoms with van der Waals surface area (Å²) < 4.78 is 27.8. The Morgan fingerprint density at radius 2 is 1.67 bits per heavy atom. The van der Waals surface area contributed by atoms with Crippen molar-refractivity contribution in [1.29, 1.82) is 0 Å². The summed E-state index contributed by atoms with van der Waals surface area (Å²) in [4.78, 5) is 12.3. The SMILES string of the molecule is CNCCCNC(=O)c1ccc(NS(=O)(=O)c2cc(C)ccc2C)cc1.Cl. The van der Waals surface area contributed by atoms with Gasteiger partial charge in [-0.25, -0.2) is 8.42 Å². The van der Waals surface area contributed by atoms with Crippen molar-refractivity contribution in [2.75, 3.05) is 24.9 Å². The van der Waals surface area contributed by atoms with Gasteiger partial charge in [-0.3, -0.25) is 9.52 Å². The molecule has 6 nitrogen and oxygen atoms in total. The number of halogens is 1. The number of carbonyl (C=O) groups excluding carboxylic acids is 1. The molecule has 0 radical (unpaired) electrons. The highest BCUT2D eigenvalue weighted by Gasteiger charge is 2.17. The first-order valence-corrected chi connectivity index (χ1v) is 9.95. The Kier molecular flexibility index (Phi) is 8.75. The Morgan fingerprint density at radius 3 is 2.30 bits per heavy atom. The maximum Gasteiger partial charge on any atom is 0.262 e. The number of sulfonamides is 1. The molecule has 0 spiro atoms. The summed E-state index contributed by atoms with van der Waals surface area (Å²) in [5, 5.41) is 5.84. The van der Waals surface area contributed by atoms with Crippen LogP contribution in [-0.4, -0.2) is 34.5 Å². The van der Waals surface area contributed by atoms with Gasteiger partial charge in [0, 0.05) is 17.8 Å². The number of hydrogen-bond donors (Lipinski definition) is 3. The van der Waals surface area contributed by atoms with Gasteiger partial charge in [-0.2, -0.15) is 0 Å². The molecule has 2 aromatic rings. The first-order valence-electron chi connectivity index (χ1n) is 8.46. The van der Waals surface area contributed by atoms with Gasteiger partial charge >= 0.3 is 0 Å². The molecule has 0 aromatic heterocycles. The second kappa shape index (κ2) is 10.3. The van der Waals surface area contributed by atoms with E-state index in [1.807, 2.05) is 20.0 Å². The van der Waals surface area contributed by atoms with Crippen molar-refractivity contribution in [2.45, 2.75) is 25.2 Å². The normalized spacial score (nSPS) is 10.8. The number of hydrogen-bond acceptors (Lipinski definition) is 4. The third kappa shape index (κ3) is 6.53. The lowest BCUT2D eigenvalue weighted by atomic mass is 10.2. The van der Waals surface area contributed by atoms with Crippen molar-refractivity contribution in [2.24, 2.45) is 0 Å². The fourth-order valence-corrected chi connectivity index (χ4v) is 3.86. The van der Waals surface area contributed by atoms with Gasteiger partial charge < -0.3 is 10.6 Å². The minimum absolute atomic E-state index is 0. The van der Waals surface area contributed by atoms with Crippen LogP contribution < -0.4 is 15.4 Å². The Balaban J connectivity index is 0.00000364.